The highest BCUT2D eigenvalue weighted by molar-refractivity contribution is 5.49. The van der Waals surface area contributed by atoms with Crippen molar-refractivity contribution < 1.29 is 0 Å². The molecule has 0 fully saturated rings. The van der Waals surface area contributed by atoms with Gasteiger partial charge in [-0.05, 0) is 30.7 Å². The highest BCUT2D eigenvalue weighted by Crippen LogP contribution is 2.11. The third kappa shape index (κ3) is 5.77. The van der Waals surface area contributed by atoms with Gasteiger partial charge in [0, 0.05) is 31.8 Å². The fraction of sp³-hybridized carbons (Fsp3) is 0.529. The van der Waals surface area contributed by atoms with Crippen LogP contribution in [0, 0.1) is 11.8 Å². The molecule has 1 aromatic rings. The van der Waals surface area contributed by atoms with Crippen molar-refractivity contribution in [3.63, 3.8) is 0 Å². The van der Waals surface area contributed by atoms with E-state index in [4.69, 9.17) is 0 Å². The second-order valence-electron chi connectivity index (χ2n) is 4.91. The lowest BCUT2D eigenvalue weighted by molar-refractivity contribution is 0.641. The zero-order chi connectivity index (χ0) is 13.2. The van der Waals surface area contributed by atoms with E-state index >= 15 is 0 Å². The van der Waals surface area contributed by atoms with Gasteiger partial charge in [0.05, 0.1) is 0 Å². The molecule has 0 amide bonds. The molecule has 0 saturated carbocycles. The topological polar surface area (TPSA) is 3.24 Å². The number of anilines is 1. The van der Waals surface area contributed by atoms with Gasteiger partial charge in [0.2, 0.25) is 0 Å². The third-order valence-electron chi connectivity index (χ3n) is 3.02. The molecule has 0 aliphatic heterocycles. The SMILES string of the molecule is CCCCCCCC#Cc1ccc(N(C)C)cc1. The number of unbranched alkanes of at least 4 members (excludes halogenated alkanes) is 5. The van der Waals surface area contributed by atoms with Crippen LogP contribution < -0.4 is 4.90 Å². The van der Waals surface area contributed by atoms with Crippen LogP contribution in [0.3, 0.4) is 0 Å². The third-order valence-corrected chi connectivity index (χ3v) is 3.02. The van der Waals surface area contributed by atoms with E-state index in [9.17, 15) is 0 Å². The minimum Gasteiger partial charge on any atom is -0.378 e. The first kappa shape index (κ1) is 14.6. The Morgan fingerprint density at radius 2 is 1.61 bits per heavy atom. The van der Waals surface area contributed by atoms with Gasteiger partial charge in [-0.15, -0.1) is 0 Å². The van der Waals surface area contributed by atoms with Crippen LogP contribution in [0.15, 0.2) is 24.3 Å². The standard InChI is InChI=1S/C17H25N/c1-4-5-6-7-8-9-10-11-16-12-14-17(15-13-16)18(2)3/h12-15H,4-9H2,1-3H3. The van der Waals surface area contributed by atoms with Gasteiger partial charge in [0.25, 0.3) is 0 Å². The Labute approximate surface area is 112 Å². The lowest BCUT2D eigenvalue weighted by Gasteiger charge is -2.11. The predicted molar refractivity (Wildman–Crippen MR) is 81.0 cm³/mol. The highest BCUT2D eigenvalue weighted by Gasteiger charge is 1.93. The molecule has 0 radical (unpaired) electrons. The Balaban J connectivity index is 2.30. The molecule has 0 aliphatic carbocycles. The van der Waals surface area contributed by atoms with Gasteiger partial charge in [0.1, 0.15) is 0 Å². The van der Waals surface area contributed by atoms with Crippen molar-refractivity contribution in [2.45, 2.75) is 45.4 Å². The van der Waals surface area contributed by atoms with Crippen molar-refractivity contribution in [1.82, 2.24) is 0 Å². The maximum atomic E-state index is 3.26. The van der Waals surface area contributed by atoms with Crippen molar-refractivity contribution in [2.75, 3.05) is 19.0 Å². The summed E-state index contributed by atoms with van der Waals surface area (Å²) < 4.78 is 0. The summed E-state index contributed by atoms with van der Waals surface area (Å²) >= 11 is 0. The molecule has 1 aromatic carbocycles. The van der Waals surface area contributed by atoms with Crippen molar-refractivity contribution in [3.8, 4) is 11.8 Å². The molecule has 0 atom stereocenters. The predicted octanol–water partition coefficient (Wildman–Crippen LogP) is 4.46. The molecule has 18 heavy (non-hydrogen) atoms. The maximum Gasteiger partial charge on any atom is 0.0361 e. The number of hydrogen-bond donors (Lipinski definition) is 0. The van der Waals surface area contributed by atoms with E-state index in [1.165, 1.54) is 37.8 Å². The largest absolute Gasteiger partial charge is 0.378 e. The first-order chi connectivity index (χ1) is 8.74. The summed E-state index contributed by atoms with van der Waals surface area (Å²) in [7, 11) is 4.11. The molecular formula is C17H25N. The molecule has 0 aliphatic rings. The molecule has 1 heteroatoms. The zero-order valence-electron chi connectivity index (χ0n) is 12.0. The summed E-state index contributed by atoms with van der Waals surface area (Å²) in [6.07, 6.45) is 7.61. The summed E-state index contributed by atoms with van der Waals surface area (Å²) in [6.45, 7) is 2.25. The van der Waals surface area contributed by atoms with Crippen molar-refractivity contribution >= 4 is 5.69 Å². The van der Waals surface area contributed by atoms with Crippen LogP contribution in [0.25, 0.3) is 0 Å². The fourth-order valence-corrected chi connectivity index (χ4v) is 1.82. The van der Waals surface area contributed by atoms with Crippen LogP contribution in [0.5, 0.6) is 0 Å². The van der Waals surface area contributed by atoms with Crippen LogP contribution in [-0.2, 0) is 0 Å². The Morgan fingerprint density at radius 1 is 0.944 bits per heavy atom. The van der Waals surface area contributed by atoms with Crippen LogP contribution in [0.2, 0.25) is 0 Å². The molecule has 0 bridgehead atoms. The van der Waals surface area contributed by atoms with E-state index in [1.54, 1.807) is 0 Å². The second kappa shape index (κ2) is 8.64. The molecule has 0 spiro atoms. The van der Waals surface area contributed by atoms with Gasteiger partial charge in [-0.1, -0.05) is 44.4 Å². The van der Waals surface area contributed by atoms with Crippen molar-refractivity contribution in [1.29, 1.82) is 0 Å². The Kier molecular flexibility index (Phi) is 7.03. The molecule has 0 aromatic heterocycles. The average Bonchev–Trinajstić information content (AvgIpc) is 2.38. The van der Waals surface area contributed by atoms with Crippen LogP contribution in [0.1, 0.15) is 51.0 Å². The van der Waals surface area contributed by atoms with Crippen molar-refractivity contribution in [2.24, 2.45) is 0 Å². The smallest absolute Gasteiger partial charge is 0.0361 e. The molecular weight excluding hydrogens is 218 g/mol. The van der Waals surface area contributed by atoms with Gasteiger partial charge in [-0.3, -0.25) is 0 Å². The summed E-state index contributed by atoms with van der Waals surface area (Å²) in [4.78, 5) is 2.10. The molecule has 0 saturated heterocycles. The Hall–Kier alpha value is -1.42. The normalized spacial score (nSPS) is 9.72. The first-order valence-corrected chi connectivity index (χ1v) is 7.00. The number of hydrogen-bond acceptors (Lipinski definition) is 1. The van der Waals surface area contributed by atoms with E-state index in [0.717, 1.165) is 12.0 Å². The molecule has 1 rings (SSSR count). The summed E-state index contributed by atoms with van der Waals surface area (Å²) in [5, 5.41) is 0. The lowest BCUT2D eigenvalue weighted by atomic mass is 10.1. The Morgan fingerprint density at radius 3 is 2.22 bits per heavy atom. The average molecular weight is 243 g/mol. The summed E-state index contributed by atoms with van der Waals surface area (Å²) in [5.74, 6) is 6.50. The lowest BCUT2D eigenvalue weighted by Crippen LogP contribution is -2.07. The molecule has 0 N–H and O–H groups in total. The molecule has 0 heterocycles. The minimum absolute atomic E-state index is 1.03. The van der Waals surface area contributed by atoms with E-state index in [1.807, 2.05) is 0 Å². The van der Waals surface area contributed by atoms with Crippen LogP contribution in [0.4, 0.5) is 5.69 Å². The van der Waals surface area contributed by atoms with E-state index in [0.29, 0.717) is 0 Å². The van der Waals surface area contributed by atoms with Crippen LogP contribution >= 0.6 is 0 Å². The summed E-state index contributed by atoms with van der Waals surface area (Å²) in [6, 6.07) is 8.43. The van der Waals surface area contributed by atoms with Gasteiger partial charge in [-0.25, -0.2) is 0 Å². The van der Waals surface area contributed by atoms with Gasteiger partial charge >= 0.3 is 0 Å². The quantitative estimate of drug-likeness (QED) is 0.526. The molecule has 0 unspecified atom stereocenters. The molecule has 98 valence electrons. The van der Waals surface area contributed by atoms with Crippen LogP contribution in [-0.4, -0.2) is 14.1 Å². The van der Waals surface area contributed by atoms with Gasteiger partial charge in [0.15, 0.2) is 0 Å². The Bertz CT molecular complexity index is 378. The van der Waals surface area contributed by atoms with Gasteiger partial charge < -0.3 is 4.90 Å². The number of rotatable bonds is 6. The molecule has 1 nitrogen and oxygen atoms in total. The number of benzene rings is 1. The highest BCUT2D eigenvalue weighted by atomic mass is 15.1. The minimum atomic E-state index is 1.03. The van der Waals surface area contributed by atoms with Crippen molar-refractivity contribution in [3.05, 3.63) is 29.8 Å². The maximum absolute atomic E-state index is 3.26. The first-order valence-electron chi connectivity index (χ1n) is 7.00. The number of nitrogens with zero attached hydrogens (tertiary/aromatic N) is 1. The van der Waals surface area contributed by atoms with E-state index in [2.05, 4.69) is 62.0 Å². The monoisotopic (exact) mass is 243 g/mol. The zero-order valence-corrected chi connectivity index (χ0v) is 12.0. The second-order valence-corrected chi connectivity index (χ2v) is 4.91. The van der Waals surface area contributed by atoms with E-state index < -0.39 is 0 Å². The fourth-order valence-electron chi connectivity index (χ4n) is 1.82. The summed E-state index contributed by atoms with van der Waals surface area (Å²) in [5.41, 5.74) is 2.34. The van der Waals surface area contributed by atoms with Gasteiger partial charge in [-0.2, -0.15) is 0 Å². The van der Waals surface area contributed by atoms with E-state index in [-0.39, 0.29) is 0 Å².